The van der Waals surface area contributed by atoms with E-state index in [-0.39, 0.29) is 18.4 Å². The van der Waals surface area contributed by atoms with E-state index < -0.39 is 0 Å². The zero-order valence-electron chi connectivity index (χ0n) is 11.5. The lowest BCUT2D eigenvalue weighted by molar-refractivity contribution is -0.119. The zero-order valence-corrected chi connectivity index (χ0v) is 11.5. The van der Waals surface area contributed by atoms with Gasteiger partial charge in [0.1, 0.15) is 5.75 Å². The molecule has 1 aliphatic rings. The maximum atomic E-state index is 12.3. The minimum Gasteiger partial charge on any atom is -0.497 e. The van der Waals surface area contributed by atoms with Crippen molar-refractivity contribution in [1.82, 2.24) is 9.80 Å². The van der Waals surface area contributed by atoms with Crippen LogP contribution in [-0.2, 0) is 4.79 Å². The molecule has 1 heterocycles. The standard InChI is InChI=1S/C14H19N3O3/c1-20-12-4-2-11(3-5-12)14(19)17-8-6-16(7-9-17)10-13(15)18/h2-5H,6-10H2,1H3,(H2,15,18). The molecule has 0 spiro atoms. The van der Waals surface area contributed by atoms with Crippen LogP contribution in [0.5, 0.6) is 5.75 Å². The largest absolute Gasteiger partial charge is 0.497 e. The molecule has 6 nitrogen and oxygen atoms in total. The maximum absolute atomic E-state index is 12.3. The minimum absolute atomic E-state index is 0.00591. The van der Waals surface area contributed by atoms with Gasteiger partial charge in [-0.3, -0.25) is 14.5 Å². The molecule has 2 N–H and O–H groups in total. The Kier molecular flexibility index (Phi) is 4.57. The van der Waals surface area contributed by atoms with E-state index in [1.807, 2.05) is 4.90 Å². The van der Waals surface area contributed by atoms with Crippen LogP contribution < -0.4 is 10.5 Å². The normalized spacial score (nSPS) is 15.9. The number of nitrogens with zero attached hydrogens (tertiary/aromatic N) is 2. The van der Waals surface area contributed by atoms with Crippen molar-refractivity contribution in [3.05, 3.63) is 29.8 Å². The zero-order chi connectivity index (χ0) is 14.5. The molecule has 0 aliphatic carbocycles. The second-order valence-electron chi connectivity index (χ2n) is 4.76. The van der Waals surface area contributed by atoms with Crippen LogP contribution in [0.1, 0.15) is 10.4 Å². The summed E-state index contributed by atoms with van der Waals surface area (Å²) in [7, 11) is 1.59. The highest BCUT2D eigenvalue weighted by Crippen LogP contribution is 2.14. The summed E-state index contributed by atoms with van der Waals surface area (Å²) in [5.74, 6) is 0.402. The molecule has 2 amide bonds. The predicted molar refractivity (Wildman–Crippen MR) is 74.5 cm³/mol. The SMILES string of the molecule is COc1ccc(C(=O)N2CCN(CC(N)=O)CC2)cc1. The molecule has 2 rings (SSSR count). The van der Waals surface area contributed by atoms with Gasteiger partial charge in [0, 0.05) is 31.7 Å². The minimum atomic E-state index is -0.333. The van der Waals surface area contributed by atoms with E-state index in [0.29, 0.717) is 31.7 Å². The van der Waals surface area contributed by atoms with Crippen molar-refractivity contribution in [2.75, 3.05) is 39.8 Å². The van der Waals surface area contributed by atoms with E-state index in [4.69, 9.17) is 10.5 Å². The lowest BCUT2D eigenvalue weighted by Crippen LogP contribution is -2.50. The second-order valence-corrected chi connectivity index (χ2v) is 4.76. The topological polar surface area (TPSA) is 75.9 Å². The summed E-state index contributed by atoms with van der Waals surface area (Å²) in [4.78, 5) is 26.9. The second kappa shape index (κ2) is 6.38. The average Bonchev–Trinajstić information content (AvgIpc) is 2.47. The van der Waals surface area contributed by atoms with Gasteiger partial charge in [0.25, 0.3) is 5.91 Å². The monoisotopic (exact) mass is 277 g/mol. The van der Waals surface area contributed by atoms with E-state index in [1.54, 1.807) is 36.3 Å². The fraction of sp³-hybridized carbons (Fsp3) is 0.429. The lowest BCUT2D eigenvalue weighted by atomic mass is 10.1. The molecule has 0 aromatic heterocycles. The molecular formula is C14H19N3O3. The molecule has 0 unspecified atom stereocenters. The summed E-state index contributed by atoms with van der Waals surface area (Å²) >= 11 is 0. The first-order valence-corrected chi connectivity index (χ1v) is 6.54. The molecule has 1 aromatic rings. The number of carbonyl (C=O) groups excluding carboxylic acids is 2. The first-order valence-electron chi connectivity index (χ1n) is 6.54. The van der Waals surface area contributed by atoms with Crippen molar-refractivity contribution >= 4 is 11.8 Å². The Balaban J connectivity index is 1.92. The van der Waals surface area contributed by atoms with Crippen molar-refractivity contribution < 1.29 is 14.3 Å². The van der Waals surface area contributed by atoms with Gasteiger partial charge in [-0.1, -0.05) is 0 Å². The van der Waals surface area contributed by atoms with E-state index in [2.05, 4.69) is 0 Å². The van der Waals surface area contributed by atoms with Gasteiger partial charge in [0.05, 0.1) is 13.7 Å². The first-order chi connectivity index (χ1) is 9.60. The van der Waals surface area contributed by atoms with E-state index in [9.17, 15) is 9.59 Å². The molecule has 1 aliphatic heterocycles. The summed E-state index contributed by atoms with van der Waals surface area (Å²) in [5, 5.41) is 0. The number of hydrogen-bond donors (Lipinski definition) is 1. The maximum Gasteiger partial charge on any atom is 0.253 e. The molecule has 108 valence electrons. The first kappa shape index (κ1) is 14.3. The fourth-order valence-corrected chi connectivity index (χ4v) is 2.25. The Morgan fingerprint density at radius 2 is 1.75 bits per heavy atom. The molecule has 20 heavy (non-hydrogen) atoms. The van der Waals surface area contributed by atoms with Crippen LogP contribution in [0.3, 0.4) is 0 Å². The quantitative estimate of drug-likeness (QED) is 0.836. The molecule has 1 fully saturated rings. The highest BCUT2D eigenvalue weighted by atomic mass is 16.5. The highest BCUT2D eigenvalue weighted by Gasteiger charge is 2.22. The molecular weight excluding hydrogens is 258 g/mol. The van der Waals surface area contributed by atoms with E-state index in [0.717, 1.165) is 5.75 Å². The number of amides is 2. The number of benzene rings is 1. The van der Waals surface area contributed by atoms with Crippen molar-refractivity contribution in [3.63, 3.8) is 0 Å². The van der Waals surface area contributed by atoms with Gasteiger partial charge in [-0.15, -0.1) is 0 Å². The average molecular weight is 277 g/mol. The summed E-state index contributed by atoms with van der Waals surface area (Å²) in [6.07, 6.45) is 0. The molecule has 6 heteroatoms. The number of carbonyl (C=O) groups is 2. The number of ether oxygens (including phenoxy) is 1. The molecule has 0 atom stereocenters. The third-order valence-electron chi connectivity index (χ3n) is 3.38. The summed E-state index contributed by atoms with van der Waals surface area (Å²) < 4.78 is 5.07. The van der Waals surface area contributed by atoms with Crippen LogP contribution in [0.4, 0.5) is 0 Å². The third-order valence-corrected chi connectivity index (χ3v) is 3.38. The summed E-state index contributed by atoms with van der Waals surface area (Å²) in [6, 6.07) is 7.07. The third kappa shape index (κ3) is 3.48. The Hall–Kier alpha value is -2.08. The van der Waals surface area contributed by atoms with E-state index in [1.165, 1.54) is 0 Å². The van der Waals surface area contributed by atoms with Crippen LogP contribution in [0, 0.1) is 0 Å². The number of primary amides is 1. The number of piperazine rings is 1. The van der Waals surface area contributed by atoms with Gasteiger partial charge in [-0.25, -0.2) is 0 Å². The molecule has 0 saturated carbocycles. The fourth-order valence-electron chi connectivity index (χ4n) is 2.25. The lowest BCUT2D eigenvalue weighted by Gasteiger charge is -2.34. The van der Waals surface area contributed by atoms with Crippen molar-refractivity contribution in [3.8, 4) is 5.75 Å². The Bertz CT molecular complexity index is 479. The predicted octanol–water partition coefficient (Wildman–Crippen LogP) is -0.0617. The van der Waals surface area contributed by atoms with Crippen LogP contribution in [0.15, 0.2) is 24.3 Å². The van der Waals surface area contributed by atoms with Crippen LogP contribution >= 0.6 is 0 Å². The van der Waals surface area contributed by atoms with Gasteiger partial charge >= 0.3 is 0 Å². The molecule has 0 radical (unpaired) electrons. The Labute approximate surface area is 118 Å². The van der Waals surface area contributed by atoms with Gasteiger partial charge in [0.15, 0.2) is 0 Å². The van der Waals surface area contributed by atoms with Gasteiger partial charge in [-0.05, 0) is 24.3 Å². The molecule has 1 saturated heterocycles. The van der Waals surface area contributed by atoms with Gasteiger partial charge in [-0.2, -0.15) is 0 Å². The number of rotatable bonds is 4. The van der Waals surface area contributed by atoms with Crippen LogP contribution in [0.25, 0.3) is 0 Å². The Morgan fingerprint density at radius 3 is 2.25 bits per heavy atom. The number of nitrogens with two attached hydrogens (primary N) is 1. The molecule has 0 bridgehead atoms. The van der Waals surface area contributed by atoms with E-state index >= 15 is 0 Å². The van der Waals surface area contributed by atoms with Gasteiger partial charge < -0.3 is 15.4 Å². The summed E-state index contributed by atoms with van der Waals surface area (Å²) in [6.45, 7) is 2.82. The summed E-state index contributed by atoms with van der Waals surface area (Å²) in [5.41, 5.74) is 5.81. The highest BCUT2D eigenvalue weighted by molar-refractivity contribution is 5.94. The van der Waals surface area contributed by atoms with Crippen LogP contribution in [0.2, 0.25) is 0 Å². The number of methoxy groups -OCH3 is 1. The Morgan fingerprint density at radius 1 is 1.15 bits per heavy atom. The molecule has 1 aromatic carbocycles. The smallest absolute Gasteiger partial charge is 0.253 e. The van der Waals surface area contributed by atoms with Crippen molar-refractivity contribution in [2.24, 2.45) is 5.73 Å². The van der Waals surface area contributed by atoms with Crippen molar-refractivity contribution in [2.45, 2.75) is 0 Å². The van der Waals surface area contributed by atoms with Gasteiger partial charge in [0.2, 0.25) is 5.91 Å². The van der Waals surface area contributed by atoms with Crippen molar-refractivity contribution in [1.29, 1.82) is 0 Å². The van der Waals surface area contributed by atoms with Crippen LogP contribution in [-0.4, -0.2) is 61.4 Å². The number of hydrogen-bond acceptors (Lipinski definition) is 4.